The van der Waals surface area contributed by atoms with Crippen molar-refractivity contribution in [3.63, 3.8) is 0 Å². The first-order valence-electron chi connectivity index (χ1n) is 4.35. The molecule has 0 unspecified atom stereocenters. The molecule has 0 aliphatic carbocycles. The highest BCUT2D eigenvalue weighted by molar-refractivity contribution is 6.35. The molecule has 0 bridgehead atoms. The van der Waals surface area contributed by atoms with E-state index in [1.54, 1.807) is 12.4 Å². The zero-order chi connectivity index (χ0) is 10.8. The van der Waals surface area contributed by atoms with Crippen LogP contribution in [0.2, 0.25) is 10.0 Å². The molecule has 1 N–H and O–H groups in total. The van der Waals surface area contributed by atoms with Gasteiger partial charge in [0.1, 0.15) is 0 Å². The van der Waals surface area contributed by atoms with E-state index in [1.807, 2.05) is 13.8 Å². The van der Waals surface area contributed by atoms with Crippen LogP contribution in [0.4, 0.5) is 0 Å². The minimum Gasteiger partial charge on any atom is -0.396 e. The molecule has 1 aromatic heterocycles. The van der Waals surface area contributed by atoms with Crippen LogP contribution in [-0.2, 0) is 6.42 Å². The molecule has 0 aromatic carbocycles. The monoisotopic (exact) mass is 233 g/mol. The maximum absolute atomic E-state index is 9.14. The van der Waals surface area contributed by atoms with E-state index in [0.717, 1.165) is 5.56 Å². The van der Waals surface area contributed by atoms with Crippen molar-refractivity contribution in [3.05, 3.63) is 28.0 Å². The predicted molar refractivity (Wildman–Crippen MR) is 58.8 cm³/mol. The highest BCUT2D eigenvalue weighted by Crippen LogP contribution is 2.30. The van der Waals surface area contributed by atoms with Gasteiger partial charge in [-0.05, 0) is 17.4 Å². The summed E-state index contributed by atoms with van der Waals surface area (Å²) in [5.41, 5.74) is 0.636. The summed E-state index contributed by atoms with van der Waals surface area (Å²) >= 11 is 11.9. The average molecular weight is 234 g/mol. The van der Waals surface area contributed by atoms with Gasteiger partial charge in [0, 0.05) is 19.0 Å². The first-order chi connectivity index (χ1) is 6.46. The summed E-state index contributed by atoms with van der Waals surface area (Å²) in [7, 11) is 0. The van der Waals surface area contributed by atoms with Crippen LogP contribution in [0.1, 0.15) is 19.4 Å². The number of aliphatic hydroxyl groups is 1. The van der Waals surface area contributed by atoms with Gasteiger partial charge in [-0.3, -0.25) is 4.98 Å². The lowest BCUT2D eigenvalue weighted by atomic mass is 9.87. The average Bonchev–Trinajstić information content (AvgIpc) is 2.12. The Kier molecular flexibility index (Phi) is 3.76. The molecule has 1 aromatic rings. The van der Waals surface area contributed by atoms with Crippen LogP contribution in [0, 0.1) is 5.41 Å². The Morgan fingerprint density at radius 1 is 1.29 bits per heavy atom. The summed E-state index contributed by atoms with van der Waals surface area (Å²) in [6.07, 6.45) is 3.77. The van der Waals surface area contributed by atoms with Gasteiger partial charge in [0.05, 0.1) is 10.0 Å². The van der Waals surface area contributed by atoms with Crippen LogP contribution < -0.4 is 0 Å². The van der Waals surface area contributed by atoms with Gasteiger partial charge in [-0.25, -0.2) is 0 Å². The number of hydrogen-bond acceptors (Lipinski definition) is 2. The second-order valence-corrected chi connectivity index (χ2v) is 4.90. The molecule has 0 atom stereocenters. The zero-order valence-corrected chi connectivity index (χ0v) is 9.73. The second kappa shape index (κ2) is 4.47. The van der Waals surface area contributed by atoms with Crippen LogP contribution in [0.3, 0.4) is 0 Å². The fourth-order valence-electron chi connectivity index (χ4n) is 1.14. The van der Waals surface area contributed by atoms with Gasteiger partial charge in [0.15, 0.2) is 0 Å². The van der Waals surface area contributed by atoms with Gasteiger partial charge < -0.3 is 5.11 Å². The van der Waals surface area contributed by atoms with Gasteiger partial charge in [0.2, 0.25) is 0 Å². The first-order valence-corrected chi connectivity index (χ1v) is 5.10. The molecular formula is C10H13Cl2NO. The molecule has 1 heterocycles. The summed E-state index contributed by atoms with van der Waals surface area (Å²) < 4.78 is 0. The van der Waals surface area contributed by atoms with Crippen LogP contribution in [0.5, 0.6) is 0 Å². The molecule has 0 saturated heterocycles. The molecule has 0 amide bonds. The Bertz CT molecular complexity index is 306. The number of aliphatic hydroxyl groups excluding tert-OH is 1. The quantitative estimate of drug-likeness (QED) is 0.872. The van der Waals surface area contributed by atoms with E-state index < -0.39 is 0 Å². The number of nitrogens with zero attached hydrogens (tertiary/aromatic N) is 1. The van der Waals surface area contributed by atoms with E-state index in [0.29, 0.717) is 16.5 Å². The van der Waals surface area contributed by atoms with Crippen LogP contribution >= 0.6 is 23.2 Å². The second-order valence-electron chi connectivity index (χ2n) is 4.08. The molecule has 1 rings (SSSR count). The fourth-order valence-corrected chi connectivity index (χ4v) is 1.64. The number of pyridine rings is 1. The Balaban J connectivity index is 2.97. The molecule has 0 aliphatic heterocycles. The molecule has 4 heteroatoms. The van der Waals surface area contributed by atoms with Gasteiger partial charge in [-0.15, -0.1) is 0 Å². The van der Waals surface area contributed by atoms with E-state index >= 15 is 0 Å². The lowest BCUT2D eigenvalue weighted by Crippen LogP contribution is -2.20. The standard InChI is InChI=1S/C10H13Cl2NO/c1-10(2,6-14)3-7-8(11)4-13-5-9(7)12/h4-5,14H,3,6H2,1-2H3. The van der Waals surface area contributed by atoms with Crippen molar-refractivity contribution < 1.29 is 5.11 Å². The van der Waals surface area contributed by atoms with E-state index in [2.05, 4.69) is 4.98 Å². The van der Waals surface area contributed by atoms with Crippen molar-refractivity contribution in [2.45, 2.75) is 20.3 Å². The molecule has 14 heavy (non-hydrogen) atoms. The Labute approximate surface area is 93.9 Å². The van der Waals surface area contributed by atoms with E-state index in [1.165, 1.54) is 0 Å². The summed E-state index contributed by atoms with van der Waals surface area (Å²) in [5, 5.41) is 10.2. The summed E-state index contributed by atoms with van der Waals surface area (Å²) in [5.74, 6) is 0. The van der Waals surface area contributed by atoms with E-state index in [4.69, 9.17) is 28.3 Å². The zero-order valence-electron chi connectivity index (χ0n) is 8.22. The molecule has 0 fully saturated rings. The van der Waals surface area contributed by atoms with Crippen molar-refractivity contribution >= 4 is 23.2 Å². The van der Waals surface area contributed by atoms with E-state index in [9.17, 15) is 0 Å². The Hall–Kier alpha value is -0.310. The van der Waals surface area contributed by atoms with Gasteiger partial charge in [-0.2, -0.15) is 0 Å². The number of halogens is 2. The molecule has 78 valence electrons. The molecule has 0 spiro atoms. The third kappa shape index (κ3) is 2.84. The third-order valence-electron chi connectivity index (χ3n) is 2.04. The first kappa shape index (κ1) is 11.8. The van der Waals surface area contributed by atoms with Gasteiger partial charge in [0.25, 0.3) is 0 Å². The van der Waals surface area contributed by atoms with Crippen molar-refractivity contribution in [3.8, 4) is 0 Å². The van der Waals surface area contributed by atoms with Gasteiger partial charge in [-0.1, -0.05) is 37.0 Å². The summed E-state index contributed by atoms with van der Waals surface area (Å²) in [4.78, 5) is 3.87. The number of aromatic nitrogens is 1. The van der Waals surface area contributed by atoms with Crippen LogP contribution in [0.15, 0.2) is 12.4 Å². The smallest absolute Gasteiger partial charge is 0.0636 e. The normalized spacial score (nSPS) is 11.8. The van der Waals surface area contributed by atoms with E-state index in [-0.39, 0.29) is 12.0 Å². The summed E-state index contributed by atoms with van der Waals surface area (Å²) in [6, 6.07) is 0. The minimum atomic E-state index is -0.214. The van der Waals surface area contributed by atoms with Crippen molar-refractivity contribution in [1.29, 1.82) is 0 Å². The molecule has 2 nitrogen and oxygen atoms in total. The number of rotatable bonds is 3. The largest absolute Gasteiger partial charge is 0.396 e. The lowest BCUT2D eigenvalue weighted by Gasteiger charge is -2.22. The van der Waals surface area contributed by atoms with Crippen molar-refractivity contribution in [2.24, 2.45) is 5.41 Å². The molecular weight excluding hydrogens is 221 g/mol. The predicted octanol–water partition coefficient (Wildman–Crippen LogP) is 2.95. The Morgan fingerprint density at radius 3 is 2.21 bits per heavy atom. The summed E-state index contributed by atoms with van der Waals surface area (Å²) in [6.45, 7) is 4.02. The van der Waals surface area contributed by atoms with Gasteiger partial charge >= 0.3 is 0 Å². The Morgan fingerprint density at radius 2 is 1.79 bits per heavy atom. The molecule has 0 saturated carbocycles. The van der Waals surface area contributed by atoms with Crippen LogP contribution in [0.25, 0.3) is 0 Å². The lowest BCUT2D eigenvalue weighted by molar-refractivity contribution is 0.159. The topological polar surface area (TPSA) is 33.1 Å². The van der Waals surface area contributed by atoms with Crippen molar-refractivity contribution in [2.75, 3.05) is 6.61 Å². The van der Waals surface area contributed by atoms with Crippen LogP contribution in [-0.4, -0.2) is 16.7 Å². The third-order valence-corrected chi connectivity index (χ3v) is 2.69. The maximum atomic E-state index is 9.14. The minimum absolute atomic E-state index is 0.0992. The molecule has 0 aliphatic rings. The highest BCUT2D eigenvalue weighted by atomic mass is 35.5. The molecule has 0 radical (unpaired) electrons. The number of hydrogen-bond donors (Lipinski definition) is 1. The highest BCUT2D eigenvalue weighted by Gasteiger charge is 2.20. The van der Waals surface area contributed by atoms with Crippen molar-refractivity contribution in [1.82, 2.24) is 4.98 Å². The fraction of sp³-hybridized carbons (Fsp3) is 0.500. The SMILES string of the molecule is CC(C)(CO)Cc1c(Cl)cncc1Cl. The maximum Gasteiger partial charge on any atom is 0.0636 e.